The van der Waals surface area contributed by atoms with E-state index in [4.69, 9.17) is 16.3 Å². The lowest BCUT2D eigenvalue weighted by atomic mass is 10.1. The Morgan fingerprint density at radius 1 is 1.25 bits per heavy atom. The van der Waals surface area contributed by atoms with Crippen LogP contribution in [0.2, 0.25) is 5.02 Å². The summed E-state index contributed by atoms with van der Waals surface area (Å²) in [6.07, 6.45) is 0.943. The number of carbonyl (C=O) groups is 1. The fourth-order valence-corrected chi connectivity index (χ4v) is 2.73. The number of hydrogen-bond acceptors (Lipinski definition) is 3. The van der Waals surface area contributed by atoms with Crippen molar-refractivity contribution in [1.82, 2.24) is 4.90 Å². The molecular weight excluding hydrogens is 324 g/mol. The van der Waals surface area contributed by atoms with E-state index >= 15 is 0 Å². The minimum absolute atomic E-state index is 0.0493. The molecule has 0 aromatic heterocycles. The highest BCUT2D eigenvalue weighted by molar-refractivity contribution is 6.30. The molecule has 0 fully saturated rings. The summed E-state index contributed by atoms with van der Waals surface area (Å²) in [6.45, 7) is 2.95. The number of amides is 1. The fraction of sp³-hybridized carbons (Fsp3) is 0.316. The summed E-state index contributed by atoms with van der Waals surface area (Å²) in [6, 6.07) is 13.4. The highest BCUT2D eigenvalue weighted by atomic mass is 35.5. The maximum Gasteiger partial charge on any atom is 0.238 e. The molecule has 0 aliphatic carbocycles. The number of anilines is 1. The molecule has 0 heterocycles. The molecule has 0 aliphatic rings. The quantitative estimate of drug-likeness (QED) is 0.824. The van der Waals surface area contributed by atoms with Gasteiger partial charge in [-0.2, -0.15) is 0 Å². The van der Waals surface area contributed by atoms with E-state index in [0.717, 1.165) is 23.4 Å². The number of halogens is 1. The van der Waals surface area contributed by atoms with Crippen LogP contribution in [0.5, 0.6) is 5.75 Å². The molecule has 0 unspecified atom stereocenters. The summed E-state index contributed by atoms with van der Waals surface area (Å²) >= 11 is 6.05. The van der Waals surface area contributed by atoms with E-state index in [9.17, 15) is 4.79 Å². The molecule has 2 aromatic rings. The summed E-state index contributed by atoms with van der Waals surface area (Å²) in [4.78, 5) is 14.1. The van der Waals surface area contributed by atoms with Gasteiger partial charge in [-0.1, -0.05) is 30.7 Å². The molecule has 0 spiro atoms. The Hall–Kier alpha value is -2.04. The van der Waals surface area contributed by atoms with Gasteiger partial charge in [-0.25, -0.2) is 0 Å². The topological polar surface area (TPSA) is 41.6 Å². The van der Waals surface area contributed by atoms with Gasteiger partial charge < -0.3 is 10.1 Å². The molecule has 0 saturated heterocycles. The number of benzene rings is 2. The van der Waals surface area contributed by atoms with Gasteiger partial charge in [0, 0.05) is 22.8 Å². The zero-order valence-electron chi connectivity index (χ0n) is 14.3. The smallest absolute Gasteiger partial charge is 0.238 e. The van der Waals surface area contributed by atoms with Crippen molar-refractivity contribution in [2.45, 2.75) is 19.9 Å². The zero-order chi connectivity index (χ0) is 17.5. The van der Waals surface area contributed by atoms with Crippen LogP contribution in [0.4, 0.5) is 5.69 Å². The van der Waals surface area contributed by atoms with Gasteiger partial charge in [-0.15, -0.1) is 0 Å². The number of ether oxygens (including phenoxy) is 1. The first-order valence-corrected chi connectivity index (χ1v) is 8.29. The van der Waals surface area contributed by atoms with Gasteiger partial charge in [-0.3, -0.25) is 9.69 Å². The van der Waals surface area contributed by atoms with E-state index in [1.54, 1.807) is 13.2 Å². The van der Waals surface area contributed by atoms with Crippen LogP contribution in [0, 0.1) is 0 Å². The summed E-state index contributed by atoms with van der Waals surface area (Å²) in [5.41, 5.74) is 2.98. The first-order chi connectivity index (χ1) is 11.5. The summed E-state index contributed by atoms with van der Waals surface area (Å²) in [5.74, 6) is 0.717. The van der Waals surface area contributed by atoms with Crippen molar-refractivity contribution in [2.75, 3.05) is 26.0 Å². The molecule has 0 radical (unpaired) electrons. The molecule has 4 nitrogen and oxygen atoms in total. The van der Waals surface area contributed by atoms with Crippen molar-refractivity contribution >= 4 is 23.2 Å². The molecule has 0 saturated carbocycles. The van der Waals surface area contributed by atoms with Crippen LogP contribution in [0.25, 0.3) is 0 Å². The third kappa shape index (κ3) is 5.25. The van der Waals surface area contributed by atoms with Gasteiger partial charge in [0.2, 0.25) is 5.91 Å². The number of nitrogens with zero attached hydrogens (tertiary/aromatic N) is 1. The minimum atomic E-state index is -0.0493. The van der Waals surface area contributed by atoms with Gasteiger partial charge in [0.25, 0.3) is 0 Å². The molecule has 128 valence electrons. The number of hydrogen-bond donors (Lipinski definition) is 1. The van der Waals surface area contributed by atoms with Crippen LogP contribution >= 0.6 is 11.6 Å². The van der Waals surface area contributed by atoms with Crippen molar-refractivity contribution in [1.29, 1.82) is 0 Å². The van der Waals surface area contributed by atoms with Gasteiger partial charge in [-0.05, 0) is 49.4 Å². The maximum atomic E-state index is 12.2. The van der Waals surface area contributed by atoms with Crippen LogP contribution in [0.3, 0.4) is 0 Å². The highest BCUT2D eigenvalue weighted by Gasteiger charge is 2.11. The summed E-state index contributed by atoms with van der Waals surface area (Å²) < 4.78 is 5.34. The normalized spacial score (nSPS) is 10.7. The van der Waals surface area contributed by atoms with E-state index in [-0.39, 0.29) is 12.5 Å². The van der Waals surface area contributed by atoms with Crippen LogP contribution in [0.1, 0.15) is 18.1 Å². The largest absolute Gasteiger partial charge is 0.496 e. The Balaban J connectivity index is 1.95. The first kappa shape index (κ1) is 18.3. The average molecular weight is 347 g/mol. The highest BCUT2D eigenvalue weighted by Crippen LogP contribution is 2.23. The van der Waals surface area contributed by atoms with E-state index in [0.29, 0.717) is 11.6 Å². The number of rotatable bonds is 7. The molecule has 0 bridgehead atoms. The molecule has 2 aromatic carbocycles. The van der Waals surface area contributed by atoms with Crippen LogP contribution in [-0.4, -0.2) is 31.5 Å². The average Bonchev–Trinajstić information content (AvgIpc) is 2.55. The second kappa shape index (κ2) is 8.71. The molecule has 0 aliphatic heterocycles. The third-order valence-corrected chi connectivity index (χ3v) is 3.95. The minimum Gasteiger partial charge on any atom is -0.496 e. The Morgan fingerprint density at radius 3 is 2.75 bits per heavy atom. The lowest BCUT2D eigenvalue weighted by Gasteiger charge is -2.18. The second-order valence-corrected chi connectivity index (χ2v) is 6.17. The van der Waals surface area contributed by atoms with Crippen molar-refractivity contribution in [2.24, 2.45) is 0 Å². The molecule has 1 amide bonds. The van der Waals surface area contributed by atoms with E-state index in [1.807, 2.05) is 48.3 Å². The zero-order valence-corrected chi connectivity index (χ0v) is 15.1. The monoisotopic (exact) mass is 346 g/mol. The van der Waals surface area contributed by atoms with E-state index in [2.05, 4.69) is 12.2 Å². The Kier molecular flexibility index (Phi) is 6.64. The van der Waals surface area contributed by atoms with Crippen LogP contribution in [0.15, 0.2) is 42.5 Å². The number of aryl methyl sites for hydroxylation is 1. The van der Waals surface area contributed by atoms with Gasteiger partial charge in [0.15, 0.2) is 0 Å². The Labute approximate surface area is 148 Å². The molecule has 2 rings (SSSR count). The van der Waals surface area contributed by atoms with Crippen molar-refractivity contribution in [3.05, 3.63) is 58.6 Å². The third-order valence-electron chi connectivity index (χ3n) is 3.72. The van der Waals surface area contributed by atoms with Crippen LogP contribution in [-0.2, 0) is 17.8 Å². The Morgan fingerprint density at radius 2 is 2.04 bits per heavy atom. The molecule has 24 heavy (non-hydrogen) atoms. The van der Waals surface area contributed by atoms with Gasteiger partial charge in [0.1, 0.15) is 5.75 Å². The molecule has 1 N–H and O–H groups in total. The lowest BCUT2D eigenvalue weighted by Crippen LogP contribution is -2.30. The SMILES string of the molecule is CCc1cccc(NC(=O)CN(C)Cc2cc(Cl)ccc2OC)c1. The van der Waals surface area contributed by atoms with Crippen molar-refractivity contribution < 1.29 is 9.53 Å². The van der Waals surface area contributed by atoms with E-state index < -0.39 is 0 Å². The standard InChI is InChI=1S/C19H23ClN2O2/c1-4-14-6-5-7-17(10-14)21-19(23)13-22(2)12-15-11-16(20)8-9-18(15)24-3/h5-11H,4,12-13H2,1-3H3,(H,21,23). The first-order valence-electron chi connectivity index (χ1n) is 7.91. The van der Waals surface area contributed by atoms with Crippen molar-refractivity contribution in [3.8, 4) is 5.75 Å². The lowest BCUT2D eigenvalue weighted by molar-refractivity contribution is -0.117. The molecule has 5 heteroatoms. The number of nitrogens with one attached hydrogen (secondary N) is 1. The summed E-state index contributed by atoms with van der Waals surface area (Å²) in [7, 11) is 3.52. The van der Waals surface area contributed by atoms with Crippen molar-refractivity contribution in [3.63, 3.8) is 0 Å². The van der Waals surface area contributed by atoms with Crippen LogP contribution < -0.4 is 10.1 Å². The predicted octanol–water partition coefficient (Wildman–Crippen LogP) is 3.98. The van der Waals surface area contributed by atoms with E-state index in [1.165, 1.54) is 5.56 Å². The Bertz CT molecular complexity index is 704. The number of likely N-dealkylation sites (N-methyl/N-ethyl adjacent to an activating group) is 1. The van der Waals surface area contributed by atoms with Gasteiger partial charge in [0.05, 0.1) is 13.7 Å². The maximum absolute atomic E-state index is 12.2. The predicted molar refractivity (Wildman–Crippen MR) is 98.8 cm³/mol. The fourth-order valence-electron chi connectivity index (χ4n) is 2.53. The summed E-state index contributed by atoms with van der Waals surface area (Å²) in [5, 5.41) is 3.59. The number of methoxy groups -OCH3 is 1. The molecule has 0 atom stereocenters. The molecular formula is C19H23ClN2O2. The second-order valence-electron chi connectivity index (χ2n) is 5.73. The van der Waals surface area contributed by atoms with Gasteiger partial charge >= 0.3 is 0 Å². The number of carbonyl (C=O) groups excluding carboxylic acids is 1.